The maximum Gasteiger partial charge on any atom is 0.338 e. The molecule has 0 heterocycles. The molecule has 3 heteroatoms. The smallest absolute Gasteiger partial charge is 0.338 e. The molecular formula is C12H14O3. The quantitative estimate of drug-likeness (QED) is 0.469. The minimum atomic E-state index is -0.484. The molecule has 0 amide bonds. The molecule has 80 valence electrons. The van der Waals surface area contributed by atoms with Crippen LogP contribution in [0.2, 0.25) is 0 Å². The van der Waals surface area contributed by atoms with Crippen molar-refractivity contribution in [1.29, 1.82) is 0 Å². The van der Waals surface area contributed by atoms with E-state index < -0.39 is 5.97 Å². The van der Waals surface area contributed by atoms with Crippen molar-refractivity contribution in [2.75, 3.05) is 0 Å². The van der Waals surface area contributed by atoms with Gasteiger partial charge in [-0.3, -0.25) is 0 Å². The summed E-state index contributed by atoms with van der Waals surface area (Å²) in [4.78, 5) is 11.2. The predicted octanol–water partition coefficient (Wildman–Crippen LogP) is 2.44. The van der Waals surface area contributed by atoms with Gasteiger partial charge in [0.1, 0.15) is 11.5 Å². The van der Waals surface area contributed by atoms with Gasteiger partial charge in [-0.25, -0.2) is 4.79 Å². The average Bonchev–Trinajstić information content (AvgIpc) is 2.16. The Morgan fingerprint density at radius 2 is 2.13 bits per heavy atom. The van der Waals surface area contributed by atoms with Crippen LogP contribution in [0.4, 0.5) is 0 Å². The topological polar surface area (TPSA) is 46.5 Å². The van der Waals surface area contributed by atoms with E-state index in [4.69, 9.17) is 4.74 Å². The van der Waals surface area contributed by atoms with Crippen molar-refractivity contribution in [3.8, 4) is 11.5 Å². The SMILES string of the molecule is C=C(C)C(=O)Oc1cc(O)cc(CC)c1. The molecule has 0 radical (unpaired) electrons. The van der Waals surface area contributed by atoms with Gasteiger partial charge in [-0.2, -0.15) is 0 Å². The van der Waals surface area contributed by atoms with Crippen molar-refractivity contribution in [3.05, 3.63) is 35.9 Å². The number of hydrogen-bond acceptors (Lipinski definition) is 3. The van der Waals surface area contributed by atoms with Crippen LogP contribution < -0.4 is 4.74 Å². The monoisotopic (exact) mass is 206 g/mol. The minimum absolute atomic E-state index is 0.0962. The molecule has 1 N–H and O–H groups in total. The molecule has 1 aromatic rings. The number of esters is 1. The molecular weight excluding hydrogens is 192 g/mol. The van der Waals surface area contributed by atoms with Gasteiger partial charge in [0.15, 0.2) is 0 Å². The summed E-state index contributed by atoms with van der Waals surface area (Å²) in [5.41, 5.74) is 1.25. The average molecular weight is 206 g/mol. The lowest BCUT2D eigenvalue weighted by molar-refractivity contribution is -0.130. The summed E-state index contributed by atoms with van der Waals surface area (Å²) in [6.07, 6.45) is 0.770. The van der Waals surface area contributed by atoms with Crippen molar-refractivity contribution >= 4 is 5.97 Å². The first-order valence-electron chi connectivity index (χ1n) is 4.73. The molecule has 1 aromatic carbocycles. The lowest BCUT2D eigenvalue weighted by atomic mass is 10.1. The Kier molecular flexibility index (Phi) is 3.50. The zero-order valence-corrected chi connectivity index (χ0v) is 8.91. The number of ether oxygens (including phenoxy) is 1. The first-order valence-corrected chi connectivity index (χ1v) is 4.73. The van der Waals surface area contributed by atoms with E-state index >= 15 is 0 Å². The van der Waals surface area contributed by atoms with Gasteiger partial charge in [0.25, 0.3) is 0 Å². The van der Waals surface area contributed by atoms with Gasteiger partial charge >= 0.3 is 5.97 Å². The molecule has 0 atom stereocenters. The number of aromatic hydroxyl groups is 1. The number of carbonyl (C=O) groups excluding carboxylic acids is 1. The Balaban J connectivity index is 2.90. The molecule has 0 aliphatic rings. The summed E-state index contributed by atoms with van der Waals surface area (Å²) in [5, 5.41) is 9.36. The predicted molar refractivity (Wildman–Crippen MR) is 57.9 cm³/mol. The summed E-state index contributed by atoms with van der Waals surface area (Å²) < 4.78 is 5.00. The highest BCUT2D eigenvalue weighted by Gasteiger charge is 2.07. The van der Waals surface area contributed by atoms with Crippen molar-refractivity contribution in [3.63, 3.8) is 0 Å². The van der Waals surface area contributed by atoms with Crippen LogP contribution in [0.1, 0.15) is 19.4 Å². The molecule has 15 heavy (non-hydrogen) atoms. The number of aryl methyl sites for hydroxylation is 1. The van der Waals surface area contributed by atoms with Crippen molar-refractivity contribution < 1.29 is 14.6 Å². The fraction of sp³-hybridized carbons (Fsp3) is 0.250. The second kappa shape index (κ2) is 4.64. The molecule has 0 aromatic heterocycles. The van der Waals surface area contributed by atoms with Crippen LogP contribution in [0, 0.1) is 0 Å². The Bertz CT molecular complexity index is 394. The van der Waals surface area contributed by atoms with Crippen molar-refractivity contribution in [2.45, 2.75) is 20.3 Å². The summed E-state index contributed by atoms with van der Waals surface area (Å²) in [5.74, 6) is -0.0404. The fourth-order valence-corrected chi connectivity index (χ4v) is 1.10. The van der Waals surface area contributed by atoms with Crippen LogP contribution in [-0.4, -0.2) is 11.1 Å². The van der Waals surface area contributed by atoms with Crippen LogP contribution >= 0.6 is 0 Å². The highest BCUT2D eigenvalue weighted by molar-refractivity contribution is 5.88. The largest absolute Gasteiger partial charge is 0.508 e. The highest BCUT2D eigenvalue weighted by Crippen LogP contribution is 2.22. The number of hydrogen-bond donors (Lipinski definition) is 1. The highest BCUT2D eigenvalue weighted by atomic mass is 16.5. The van der Waals surface area contributed by atoms with Gasteiger partial charge in [-0.15, -0.1) is 0 Å². The number of carbonyl (C=O) groups is 1. The Morgan fingerprint density at radius 1 is 1.47 bits per heavy atom. The molecule has 0 bridgehead atoms. The van der Waals surface area contributed by atoms with Gasteiger partial charge in [-0.1, -0.05) is 13.5 Å². The third kappa shape index (κ3) is 3.13. The normalized spacial score (nSPS) is 9.73. The molecule has 0 fully saturated rings. The number of rotatable bonds is 3. The van der Waals surface area contributed by atoms with E-state index in [1.54, 1.807) is 19.1 Å². The summed E-state index contributed by atoms with van der Waals surface area (Å²) >= 11 is 0. The summed E-state index contributed by atoms with van der Waals surface area (Å²) in [7, 11) is 0. The first kappa shape index (κ1) is 11.3. The number of phenolic OH excluding ortho intramolecular Hbond substituents is 1. The van der Waals surface area contributed by atoms with Crippen LogP contribution in [0.15, 0.2) is 30.4 Å². The summed E-state index contributed by atoms with van der Waals surface area (Å²) in [6, 6.07) is 4.76. The molecule has 1 rings (SSSR count). The van der Waals surface area contributed by atoms with Crippen LogP contribution in [-0.2, 0) is 11.2 Å². The zero-order chi connectivity index (χ0) is 11.4. The van der Waals surface area contributed by atoms with E-state index in [2.05, 4.69) is 6.58 Å². The molecule has 0 aliphatic heterocycles. The maximum atomic E-state index is 11.2. The third-order valence-corrected chi connectivity index (χ3v) is 1.92. The molecule has 0 aliphatic carbocycles. The molecule has 0 saturated carbocycles. The summed E-state index contributed by atoms with van der Waals surface area (Å²) in [6.45, 7) is 7.01. The number of phenols is 1. The van der Waals surface area contributed by atoms with Gasteiger partial charge < -0.3 is 9.84 Å². The van der Waals surface area contributed by atoms with Crippen LogP contribution in [0.3, 0.4) is 0 Å². The Hall–Kier alpha value is -1.77. The standard InChI is InChI=1S/C12H14O3/c1-4-9-5-10(13)7-11(6-9)15-12(14)8(2)3/h5-7,13H,2,4H2,1,3H3. The minimum Gasteiger partial charge on any atom is -0.508 e. The van der Waals surface area contributed by atoms with Gasteiger partial charge in [0.2, 0.25) is 0 Å². The van der Waals surface area contributed by atoms with Gasteiger partial charge in [-0.05, 0) is 31.0 Å². The van der Waals surface area contributed by atoms with Crippen LogP contribution in [0.25, 0.3) is 0 Å². The molecule has 0 spiro atoms. The molecule has 0 saturated heterocycles. The third-order valence-electron chi connectivity index (χ3n) is 1.92. The van der Waals surface area contributed by atoms with Gasteiger partial charge in [0.05, 0.1) is 0 Å². The first-order chi connectivity index (χ1) is 7.02. The van der Waals surface area contributed by atoms with Crippen molar-refractivity contribution in [1.82, 2.24) is 0 Å². The van der Waals surface area contributed by atoms with E-state index in [-0.39, 0.29) is 5.75 Å². The van der Waals surface area contributed by atoms with E-state index in [1.807, 2.05) is 6.92 Å². The second-order valence-electron chi connectivity index (χ2n) is 3.36. The Morgan fingerprint density at radius 3 is 2.67 bits per heavy atom. The maximum absolute atomic E-state index is 11.2. The van der Waals surface area contributed by atoms with E-state index in [0.29, 0.717) is 11.3 Å². The lowest BCUT2D eigenvalue weighted by Gasteiger charge is -2.06. The Labute approximate surface area is 89.0 Å². The number of benzene rings is 1. The van der Waals surface area contributed by atoms with Crippen LogP contribution in [0.5, 0.6) is 11.5 Å². The molecule has 3 nitrogen and oxygen atoms in total. The zero-order valence-electron chi connectivity index (χ0n) is 8.91. The van der Waals surface area contributed by atoms with E-state index in [0.717, 1.165) is 12.0 Å². The lowest BCUT2D eigenvalue weighted by Crippen LogP contribution is -2.08. The van der Waals surface area contributed by atoms with Crippen molar-refractivity contribution in [2.24, 2.45) is 0 Å². The second-order valence-corrected chi connectivity index (χ2v) is 3.36. The van der Waals surface area contributed by atoms with Gasteiger partial charge in [0, 0.05) is 11.6 Å². The fourth-order valence-electron chi connectivity index (χ4n) is 1.10. The molecule has 0 unspecified atom stereocenters. The van der Waals surface area contributed by atoms with E-state index in [1.165, 1.54) is 6.07 Å². The van der Waals surface area contributed by atoms with E-state index in [9.17, 15) is 9.90 Å².